The molecule has 1 saturated heterocycles. The highest BCUT2D eigenvalue weighted by atomic mass is 19.4. The summed E-state index contributed by atoms with van der Waals surface area (Å²) in [6, 6.07) is 21.8. The predicted octanol–water partition coefficient (Wildman–Crippen LogP) is 4.15. The number of carbonyl (C=O) groups excluding carboxylic acids is 1. The summed E-state index contributed by atoms with van der Waals surface area (Å²) in [5, 5.41) is 15.2. The molecule has 10 heteroatoms. The standard InChI is InChI=1S/C28H29F3N6O/c29-28(30,31)20-36-14-16-37(17-15-36)25-11-10-24(19-34-25)35-27(38)26(23-4-2-1-3-5-23)33-13-12-21-6-8-22(18-32)9-7-21/h1-11,19,26,33H,12-17,20H2,(H,35,38). The number of alkyl halides is 3. The van der Waals surface area contributed by atoms with Crippen molar-refractivity contribution in [1.82, 2.24) is 15.2 Å². The number of rotatable bonds is 9. The fourth-order valence-electron chi connectivity index (χ4n) is 4.36. The van der Waals surface area contributed by atoms with Gasteiger partial charge < -0.3 is 15.5 Å². The van der Waals surface area contributed by atoms with Crippen LogP contribution in [0.15, 0.2) is 72.9 Å². The fourth-order valence-corrected chi connectivity index (χ4v) is 4.36. The molecule has 0 radical (unpaired) electrons. The molecule has 2 heterocycles. The van der Waals surface area contributed by atoms with Crippen molar-refractivity contribution in [1.29, 1.82) is 5.26 Å². The van der Waals surface area contributed by atoms with Crippen molar-refractivity contribution in [3.05, 3.63) is 89.6 Å². The number of benzene rings is 2. The smallest absolute Gasteiger partial charge is 0.354 e. The number of piperazine rings is 1. The van der Waals surface area contributed by atoms with Crippen molar-refractivity contribution >= 4 is 17.4 Å². The minimum Gasteiger partial charge on any atom is -0.354 e. The molecule has 4 rings (SSSR count). The number of hydrogen-bond acceptors (Lipinski definition) is 6. The Morgan fingerprint density at radius 3 is 2.32 bits per heavy atom. The second kappa shape index (κ2) is 12.5. The van der Waals surface area contributed by atoms with E-state index in [1.165, 1.54) is 4.90 Å². The maximum absolute atomic E-state index is 13.2. The molecular formula is C28H29F3N6O. The van der Waals surface area contributed by atoms with Gasteiger partial charge in [-0.1, -0.05) is 42.5 Å². The average Bonchev–Trinajstić information content (AvgIpc) is 2.92. The van der Waals surface area contributed by atoms with Gasteiger partial charge in [0.15, 0.2) is 0 Å². The van der Waals surface area contributed by atoms with Gasteiger partial charge in [0.05, 0.1) is 30.1 Å². The quantitative estimate of drug-likeness (QED) is 0.439. The number of nitrogens with one attached hydrogen (secondary N) is 2. The number of carbonyl (C=O) groups is 1. The Morgan fingerprint density at radius 2 is 1.71 bits per heavy atom. The Morgan fingerprint density at radius 1 is 1.00 bits per heavy atom. The second-order valence-corrected chi connectivity index (χ2v) is 9.13. The van der Waals surface area contributed by atoms with E-state index < -0.39 is 18.8 Å². The van der Waals surface area contributed by atoms with Gasteiger partial charge in [0.25, 0.3) is 0 Å². The van der Waals surface area contributed by atoms with Gasteiger partial charge in [-0.25, -0.2) is 4.98 Å². The van der Waals surface area contributed by atoms with Crippen LogP contribution in [0.5, 0.6) is 0 Å². The maximum atomic E-state index is 13.2. The van der Waals surface area contributed by atoms with Crippen LogP contribution in [0.1, 0.15) is 22.7 Å². The van der Waals surface area contributed by atoms with E-state index in [-0.39, 0.29) is 5.91 Å². The third-order valence-corrected chi connectivity index (χ3v) is 6.35. The SMILES string of the molecule is N#Cc1ccc(CCNC(C(=O)Nc2ccc(N3CCN(CC(F)(F)F)CC3)nc2)c2ccccc2)cc1. The number of nitriles is 1. The van der Waals surface area contributed by atoms with Crippen molar-refractivity contribution in [2.45, 2.75) is 18.6 Å². The molecule has 2 aromatic carbocycles. The Kier molecular flexibility index (Phi) is 8.94. The van der Waals surface area contributed by atoms with Crippen molar-refractivity contribution in [3.8, 4) is 6.07 Å². The molecule has 0 aliphatic carbocycles. The summed E-state index contributed by atoms with van der Waals surface area (Å²) in [6.45, 7) is 1.18. The number of aromatic nitrogens is 1. The van der Waals surface area contributed by atoms with Crippen molar-refractivity contribution in [2.24, 2.45) is 0 Å². The summed E-state index contributed by atoms with van der Waals surface area (Å²) in [6.07, 6.45) is -1.95. The van der Waals surface area contributed by atoms with Gasteiger partial charge in [0.1, 0.15) is 11.9 Å². The highest BCUT2D eigenvalue weighted by Gasteiger charge is 2.32. The van der Waals surface area contributed by atoms with E-state index in [4.69, 9.17) is 5.26 Å². The first-order valence-corrected chi connectivity index (χ1v) is 12.4. The Balaban J connectivity index is 1.34. The van der Waals surface area contributed by atoms with Crippen molar-refractivity contribution in [3.63, 3.8) is 0 Å². The largest absolute Gasteiger partial charge is 0.401 e. The maximum Gasteiger partial charge on any atom is 0.401 e. The van der Waals surface area contributed by atoms with E-state index >= 15 is 0 Å². The number of halogens is 3. The predicted molar refractivity (Wildman–Crippen MR) is 140 cm³/mol. The van der Waals surface area contributed by atoms with Gasteiger partial charge in [-0.05, 0) is 41.8 Å². The first-order chi connectivity index (χ1) is 18.3. The lowest BCUT2D eigenvalue weighted by Gasteiger charge is -2.35. The van der Waals surface area contributed by atoms with Crippen molar-refractivity contribution < 1.29 is 18.0 Å². The first kappa shape index (κ1) is 27.1. The Bertz CT molecular complexity index is 1220. The van der Waals surface area contributed by atoms with Crippen LogP contribution in [-0.4, -0.2) is 61.2 Å². The van der Waals surface area contributed by atoms with Crippen LogP contribution >= 0.6 is 0 Å². The number of hydrogen-bond donors (Lipinski definition) is 2. The molecule has 7 nitrogen and oxygen atoms in total. The van der Waals surface area contributed by atoms with E-state index in [1.807, 2.05) is 47.4 Å². The summed E-state index contributed by atoms with van der Waals surface area (Å²) in [4.78, 5) is 21.0. The zero-order chi connectivity index (χ0) is 27.0. The number of amides is 1. The van der Waals surface area contributed by atoms with Gasteiger partial charge in [-0.15, -0.1) is 0 Å². The van der Waals surface area contributed by atoms with Crippen LogP contribution in [-0.2, 0) is 11.2 Å². The molecule has 0 bridgehead atoms. The zero-order valence-corrected chi connectivity index (χ0v) is 20.8. The zero-order valence-electron chi connectivity index (χ0n) is 20.8. The number of nitrogens with zero attached hydrogens (tertiary/aromatic N) is 4. The highest BCUT2D eigenvalue weighted by Crippen LogP contribution is 2.21. The molecule has 3 aromatic rings. The average molecular weight is 523 g/mol. The third kappa shape index (κ3) is 7.78. The molecule has 1 atom stereocenters. The molecule has 1 aromatic heterocycles. The normalized spacial score (nSPS) is 15.1. The minimum atomic E-state index is -4.20. The molecule has 2 N–H and O–H groups in total. The van der Waals surface area contributed by atoms with Gasteiger partial charge in [-0.2, -0.15) is 18.4 Å². The van der Waals surface area contributed by atoms with Crippen LogP contribution in [0.4, 0.5) is 24.7 Å². The highest BCUT2D eigenvalue weighted by molar-refractivity contribution is 5.95. The molecule has 1 aliphatic heterocycles. The molecule has 1 unspecified atom stereocenters. The first-order valence-electron chi connectivity index (χ1n) is 12.4. The molecule has 0 saturated carbocycles. The third-order valence-electron chi connectivity index (χ3n) is 6.35. The molecule has 1 fully saturated rings. The molecule has 1 aliphatic rings. The van der Waals surface area contributed by atoms with Crippen LogP contribution in [0.3, 0.4) is 0 Å². The summed E-state index contributed by atoms with van der Waals surface area (Å²) in [5.41, 5.74) is 3.02. The summed E-state index contributed by atoms with van der Waals surface area (Å²) in [5.74, 6) is 0.432. The van der Waals surface area contributed by atoms with E-state index in [2.05, 4.69) is 21.7 Å². The molecule has 198 valence electrons. The molecule has 1 amide bonds. The van der Waals surface area contributed by atoms with Gasteiger partial charge in [0, 0.05) is 32.7 Å². The van der Waals surface area contributed by atoms with Crippen LogP contribution < -0.4 is 15.5 Å². The monoisotopic (exact) mass is 522 g/mol. The lowest BCUT2D eigenvalue weighted by molar-refractivity contribution is -0.146. The van der Waals surface area contributed by atoms with E-state index in [9.17, 15) is 18.0 Å². The van der Waals surface area contributed by atoms with E-state index in [0.717, 1.165) is 11.1 Å². The topological polar surface area (TPSA) is 84.3 Å². The van der Waals surface area contributed by atoms with Crippen LogP contribution in [0.25, 0.3) is 0 Å². The lowest BCUT2D eigenvalue weighted by atomic mass is 10.0. The van der Waals surface area contributed by atoms with Gasteiger partial charge >= 0.3 is 6.18 Å². The summed E-state index contributed by atoms with van der Waals surface area (Å²) in [7, 11) is 0. The molecular weight excluding hydrogens is 493 g/mol. The Labute approximate surface area is 219 Å². The van der Waals surface area contributed by atoms with E-state index in [1.54, 1.807) is 30.5 Å². The minimum absolute atomic E-state index is 0.230. The molecule has 38 heavy (non-hydrogen) atoms. The molecule has 0 spiro atoms. The lowest BCUT2D eigenvalue weighted by Crippen LogP contribution is -2.49. The second-order valence-electron chi connectivity index (χ2n) is 9.13. The Hall–Kier alpha value is -3.94. The number of pyridine rings is 1. The van der Waals surface area contributed by atoms with Gasteiger partial charge in [-0.3, -0.25) is 9.69 Å². The number of anilines is 2. The van der Waals surface area contributed by atoms with Gasteiger partial charge in [0.2, 0.25) is 5.91 Å². The van der Waals surface area contributed by atoms with Crippen LogP contribution in [0, 0.1) is 11.3 Å². The fraction of sp³-hybridized carbons (Fsp3) is 0.321. The van der Waals surface area contributed by atoms with E-state index in [0.29, 0.717) is 56.2 Å². The van der Waals surface area contributed by atoms with Crippen molar-refractivity contribution in [2.75, 3.05) is 49.5 Å². The summed E-state index contributed by atoms with van der Waals surface area (Å²) >= 11 is 0. The summed E-state index contributed by atoms with van der Waals surface area (Å²) < 4.78 is 37.9. The van der Waals surface area contributed by atoms with Crippen LogP contribution in [0.2, 0.25) is 0 Å².